The minimum absolute atomic E-state index is 0.0381. The summed E-state index contributed by atoms with van der Waals surface area (Å²) in [5, 5.41) is 7.43. The zero-order valence-electron chi connectivity index (χ0n) is 16.0. The minimum atomic E-state index is -0.973. The van der Waals surface area contributed by atoms with Crippen LogP contribution in [0.5, 0.6) is 0 Å². The highest BCUT2D eigenvalue weighted by atomic mass is 16.2. The second-order valence-corrected chi connectivity index (χ2v) is 6.39. The number of rotatable bonds is 13. The fourth-order valence-electron chi connectivity index (χ4n) is 2.13. The maximum Gasteiger partial charge on any atom is 0.243 e. The topological polar surface area (TPSA) is 173 Å². The normalized spacial score (nSPS) is 15.0. The fourth-order valence-corrected chi connectivity index (χ4v) is 2.13. The lowest BCUT2D eigenvalue weighted by Gasteiger charge is -2.22. The second kappa shape index (κ2) is 12.8. The lowest BCUT2D eigenvalue weighted by atomic mass is 10.1. The second-order valence-electron chi connectivity index (χ2n) is 6.39. The average Bonchev–Trinajstić information content (AvgIpc) is 2.62. The van der Waals surface area contributed by atoms with E-state index in [0.29, 0.717) is 12.8 Å². The zero-order valence-corrected chi connectivity index (χ0v) is 16.0. The molecular formula is C17H30N5O5. The van der Waals surface area contributed by atoms with E-state index in [-0.39, 0.29) is 12.8 Å². The molecule has 10 nitrogen and oxygen atoms in total. The maximum absolute atomic E-state index is 12.4. The Morgan fingerprint density at radius 2 is 1.59 bits per heavy atom. The van der Waals surface area contributed by atoms with Crippen molar-refractivity contribution in [2.24, 2.45) is 11.5 Å². The Kier molecular flexibility index (Phi) is 11.6. The van der Waals surface area contributed by atoms with Crippen LogP contribution in [0.3, 0.4) is 0 Å². The van der Waals surface area contributed by atoms with Crippen LogP contribution >= 0.6 is 0 Å². The van der Waals surface area contributed by atoms with Crippen LogP contribution in [-0.4, -0.2) is 54.1 Å². The summed E-state index contributed by atoms with van der Waals surface area (Å²) < 4.78 is 0. The summed E-state index contributed by atoms with van der Waals surface area (Å²) in [4.78, 5) is 57.8. The zero-order chi connectivity index (χ0) is 21.0. The van der Waals surface area contributed by atoms with Crippen molar-refractivity contribution in [1.29, 1.82) is 0 Å². The number of hydrogen-bond donors (Lipinski definition) is 5. The summed E-state index contributed by atoms with van der Waals surface area (Å²) in [5.74, 6) is -2.23. The van der Waals surface area contributed by atoms with Crippen LogP contribution < -0.4 is 27.4 Å². The summed E-state index contributed by atoms with van der Waals surface area (Å²) in [6.45, 7) is 4.85. The molecule has 0 aliphatic rings. The summed E-state index contributed by atoms with van der Waals surface area (Å²) in [5.41, 5.74) is 10.7. The highest BCUT2D eigenvalue weighted by molar-refractivity contribution is 5.93. The smallest absolute Gasteiger partial charge is 0.243 e. The van der Waals surface area contributed by atoms with E-state index in [1.54, 1.807) is 6.29 Å². The van der Waals surface area contributed by atoms with Gasteiger partial charge in [-0.2, -0.15) is 0 Å². The third kappa shape index (κ3) is 10.3. The molecule has 0 aromatic rings. The van der Waals surface area contributed by atoms with Gasteiger partial charge in [0.15, 0.2) is 0 Å². The Bertz CT molecular complexity index is 540. The van der Waals surface area contributed by atoms with Crippen LogP contribution in [0.1, 0.15) is 52.9 Å². The van der Waals surface area contributed by atoms with Crippen molar-refractivity contribution in [2.45, 2.75) is 77.0 Å². The molecule has 0 unspecified atom stereocenters. The van der Waals surface area contributed by atoms with E-state index in [2.05, 4.69) is 16.0 Å². The molecule has 4 atom stereocenters. The van der Waals surface area contributed by atoms with Gasteiger partial charge in [-0.3, -0.25) is 24.0 Å². The van der Waals surface area contributed by atoms with Gasteiger partial charge in [-0.05, 0) is 26.7 Å². The summed E-state index contributed by atoms with van der Waals surface area (Å²) in [7, 11) is 0. The SMILES string of the molecule is CCCC[C@H](NC(=O)[C@@H](N)CCC(N)=O)C(=O)N[C@@H](C)C(=O)N[C@@H](C)[C]=O. The number of amides is 4. The molecule has 4 amide bonds. The highest BCUT2D eigenvalue weighted by Gasteiger charge is 2.26. The number of unbranched alkanes of at least 4 members (excludes halogenated alkanes) is 1. The first-order valence-electron chi connectivity index (χ1n) is 8.95. The Morgan fingerprint density at radius 3 is 2.11 bits per heavy atom. The van der Waals surface area contributed by atoms with Gasteiger partial charge in [0, 0.05) is 6.42 Å². The van der Waals surface area contributed by atoms with Crippen molar-refractivity contribution >= 4 is 29.9 Å². The van der Waals surface area contributed by atoms with E-state index in [9.17, 15) is 24.0 Å². The van der Waals surface area contributed by atoms with Gasteiger partial charge in [0.1, 0.15) is 12.1 Å². The molecule has 7 N–H and O–H groups in total. The molecule has 153 valence electrons. The van der Waals surface area contributed by atoms with Crippen LogP contribution in [0, 0.1) is 0 Å². The molecule has 0 fully saturated rings. The van der Waals surface area contributed by atoms with Gasteiger partial charge in [-0.15, -0.1) is 0 Å². The Balaban J connectivity index is 4.83. The van der Waals surface area contributed by atoms with Crippen LogP contribution in [0.2, 0.25) is 0 Å². The number of hydrogen-bond acceptors (Lipinski definition) is 6. The quantitative estimate of drug-likeness (QED) is 0.255. The number of primary amides is 1. The van der Waals surface area contributed by atoms with Crippen molar-refractivity contribution in [3.8, 4) is 0 Å². The predicted molar refractivity (Wildman–Crippen MR) is 98.8 cm³/mol. The number of carbonyl (C=O) groups is 4. The van der Waals surface area contributed by atoms with Crippen molar-refractivity contribution in [2.75, 3.05) is 0 Å². The molecule has 0 bridgehead atoms. The molecule has 0 heterocycles. The Hall–Kier alpha value is -2.49. The first-order valence-corrected chi connectivity index (χ1v) is 8.95. The first-order chi connectivity index (χ1) is 12.6. The van der Waals surface area contributed by atoms with Gasteiger partial charge in [-0.25, -0.2) is 0 Å². The summed E-state index contributed by atoms with van der Waals surface area (Å²) in [6, 6.07) is -3.55. The molecule has 0 spiro atoms. The highest BCUT2D eigenvalue weighted by Crippen LogP contribution is 2.03. The van der Waals surface area contributed by atoms with Crippen molar-refractivity contribution < 1.29 is 24.0 Å². The van der Waals surface area contributed by atoms with Crippen molar-refractivity contribution in [3.63, 3.8) is 0 Å². The number of carbonyl (C=O) groups excluding carboxylic acids is 5. The van der Waals surface area contributed by atoms with Gasteiger partial charge >= 0.3 is 0 Å². The molecule has 0 aromatic heterocycles. The molecule has 10 heteroatoms. The van der Waals surface area contributed by atoms with Gasteiger partial charge < -0.3 is 27.4 Å². The molecule has 0 aliphatic carbocycles. The van der Waals surface area contributed by atoms with Crippen molar-refractivity contribution in [3.05, 3.63) is 0 Å². The predicted octanol–water partition coefficient (Wildman–Crippen LogP) is -1.63. The molecule has 27 heavy (non-hydrogen) atoms. The largest absolute Gasteiger partial charge is 0.370 e. The van der Waals surface area contributed by atoms with E-state index < -0.39 is 47.8 Å². The Morgan fingerprint density at radius 1 is 0.963 bits per heavy atom. The fraction of sp³-hybridized carbons (Fsp3) is 0.706. The van der Waals surface area contributed by atoms with Crippen LogP contribution in [0.15, 0.2) is 0 Å². The molecule has 0 aromatic carbocycles. The van der Waals surface area contributed by atoms with Gasteiger partial charge in [0.25, 0.3) is 0 Å². The third-order valence-corrected chi connectivity index (χ3v) is 3.81. The molecule has 0 saturated carbocycles. The molecule has 0 saturated heterocycles. The van der Waals surface area contributed by atoms with E-state index in [0.717, 1.165) is 6.42 Å². The molecule has 0 aliphatic heterocycles. The number of nitrogens with one attached hydrogen (secondary N) is 3. The summed E-state index contributed by atoms with van der Waals surface area (Å²) >= 11 is 0. The lowest BCUT2D eigenvalue weighted by Crippen LogP contribution is -2.55. The van der Waals surface area contributed by atoms with Gasteiger partial charge in [0.05, 0.1) is 12.1 Å². The summed E-state index contributed by atoms with van der Waals surface area (Å²) in [6.07, 6.45) is 3.49. The standard InChI is InChI=1S/C17H30N5O5/c1-4-5-6-13(22-16(26)12(18)7-8-14(19)24)17(27)21-11(3)15(25)20-10(2)9-23/h10-13H,4-8,18H2,1-3H3,(H2,19,24)(H,20,25)(H,21,27)(H,22,26)/t10-,11-,12-,13-/m0/s1. The van der Waals surface area contributed by atoms with E-state index in [1.165, 1.54) is 13.8 Å². The Labute approximate surface area is 159 Å². The first kappa shape index (κ1) is 24.5. The van der Waals surface area contributed by atoms with Crippen LogP contribution in [-0.2, 0) is 24.0 Å². The van der Waals surface area contributed by atoms with Gasteiger partial charge in [0.2, 0.25) is 29.9 Å². The molecule has 1 radical (unpaired) electrons. The van der Waals surface area contributed by atoms with Crippen LogP contribution in [0.4, 0.5) is 0 Å². The monoisotopic (exact) mass is 384 g/mol. The van der Waals surface area contributed by atoms with E-state index >= 15 is 0 Å². The third-order valence-electron chi connectivity index (χ3n) is 3.81. The average molecular weight is 384 g/mol. The van der Waals surface area contributed by atoms with Gasteiger partial charge in [-0.1, -0.05) is 19.8 Å². The van der Waals surface area contributed by atoms with Crippen LogP contribution in [0.25, 0.3) is 0 Å². The lowest BCUT2D eigenvalue weighted by molar-refractivity contribution is -0.132. The molecule has 0 rings (SSSR count). The number of nitrogens with two attached hydrogens (primary N) is 2. The van der Waals surface area contributed by atoms with E-state index in [4.69, 9.17) is 11.5 Å². The van der Waals surface area contributed by atoms with E-state index in [1.807, 2.05) is 6.92 Å². The maximum atomic E-state index is 12.4. The minimum Gasteiger partial charge on any atom is -0.370 e. The van der Waals surface area contributed by atoms with Crippen molar-refractivity contribution in [1.82, 2.24) is 16.0 Å². The molecular weight excluding hydrogens is 354 g/mol.